The van der Waals surface area contributed by atoms with Crippen molar-refractivity contribution in [1.29, 1.82) is 0 Å². The zero-order chi connectivity index (χ0) is 24.7. The Hall–Kier alpha value is -3.44. The van der Waals surface area contributed by atoms with Gasteiger partial charge in [-0.25, -0.2) is 8.42 Å². The lowest BCUT2D eigenvalue weighted by Crippen LogP contribution is -2.53. The molecule has 2 aliphatic rings. The van der Waals surface area contributed by atoms with Crippen LogP contribution >= 0.6 is 0 Å². The van der Waals surface area contributed by atoms with Gasteiger partial charge in [0.1, 0.15) is 5.75 Å². The van der Waals surface area contributed by atoms with E-state index in [9.17, 15) is 13.2 Å². The maximum Gasteiger partial charge on any atom is 0.265 e. The summed E-state index contributed by atoms with van der Waals surface area (Å²) in [4.78, 5) is 20.5. The van der Waals surface area contributed by atoms with E-state index in [1.54, 1.807) is 13.0 Å². The van der Waals surface area contributed by atoms with E-state index >= 15 is 0 Å². The van der Waals surface area contributed by atoms with Gasteiger partial charge in [-0.15, -0.1) is 0 Å². The number of fused-ring (bicyclic) bond motifs is 1. The molecular weight excluding hydrogens is 470 g/mol. The lowest BCUT2D eigenvalue weighted by Gasteiger charge is -2.40. The third kappa shape index (κ3) is 4.48. The molecule has 0 unspecified atom stereocenters. The Labute approximate surface area is 204 Å². The van der Waals surface area contributed by atoms with E-state index in [-0.39, 0.29) is 30.0 Å². The van der Waals surface area contributed by atoms with E-state index in [0.717, 1.165) is 11.3 Å². The molecule has 2 aromatic carbocycles. The number of anilines is 2. The average molecular weight is 498 g/mol. The standard InChI is InChI=1S/C24H27N5O5S/c1-16-5-4-6-19(11-16)28-10-9-27(13-17(28)2)35(31,32)20-7-8-22-21(12-20)29(24(30)15-33-22)14-23-25-18(3)34-26-23/h4-8,11-12,17H,9-10,13-15H2,1-3H3/t17-/m0/s1. The Morgan fingerprint density at radius 3 is 2.66 bits per heavy atom. The number of benzene rings is 2. The summed E-state index contributed by atoms with van der Waals surface area (Å²) < 4.78 is 39.2. The summed E-state index contributed by atoms with van der Waals surface area (Å²) in [5, 5.41) is 3.86. The minimum atomic E-state index is -3.79. The van der Waals surface area contributed by atoms with Crippen molar-refractivity contribution < 1.29 is 22.5 Å². The molecule has 2 aliphatic heterocycles. The van der Waals surface area contributed by atoms with Crippen LogP contribution in [0.4, 0.5) is 11.4 Å². The predicted octanol–water partition coefficient (Wildman–Crippen LogP) is 2.51. The first-order valence-electron chi connectivity index (χ1n) is 11.4. The molecular formula is C24H27N5O5S. The van der Waals surface area contributed by atoms with Crippen LogP contribution in [-0.2, 0) is 21.4 Å². The molecule has 1 aromatic heterocycles. The molecule has 1 fully saturated rings. The lowest BCUT2D eigenvalue weighted by molar-refractivity contribution is -0.121. The molecule has 1 saturated heterocycles. The van der Waals surface area contributed by atoms with E-state index in [1.807, 2.05) is 32.0 Å². The summed E-state index contributed by atoms with van der Waals surface area (Å²) in [7, 11) is -3.79. The molecule has 1 amide bonds. The first kappa shape index (κ1) is 23.3. The van der Waals surface area contributed by atoms with Crippen molar-refractivity contribution in [3.63, 3.8) is 0 Å². The molecule has 35 heavy (non-hydrogen) atoms. The minimum Gasteiger partial charge on any atom is -0.482 e. The normalized spacial score (nSPS) is 18.9. The smallest absolute Gasteiger partial charge is 0.265 e. The fraction of sp³-hybridized carbons (Fsp3) is 0.375. The summed E-state index contributed by atoms with van der Waals surface area (Å²) in [6.07, 6.45) is 0. The van der Waals surface area contributed by atoms with Gasteiger partial charge in [0.15, 0.2) is 12.4 Å². The average Bonchev–Trinajstić information content (AvgIpc) is 3.25. The SMILES string of the molecule is Cc1cccc(N2CCN(S(=O)(=O)c3ccc4c(c3)N(Cc3noc(C)n3)C(=O)CO4)C[C@@H]2C)c1. The van der Waals surface area contributed by atoms with Crippen molar-refractivity contribution in [2.75, 3.05) is 36.0 Å². The summed E-state index contributed by atoms with van der Waals surface area (Å²) in [5.41, 5.74) is 2.62. The van der Waals surface area contributed by atoms with Crippen molar-refractivity contribution >= 4 is 27.3 Å². The second-order valence-corrected chi connectivity index (χ2v) is 10.8. The highest BCUT2D eigenvalue weighted by Gasteiger charge is 2.34. The monoisotopic (exact) mass is 497 g/mol. The van der Waals surface area contributed by atoms with E-state index in [1.165, 1.54) is 21.3 Å². The van der Waals surface area contributed by atoms with Gasteiger partial charge in [0.25, 0.3) is 5.91 Å². The molecule has 10 nitrogen and oxygen atoms in total. The molecule has 0 aliphatic carbocycles. The molecule has 3 aromatic rings. The second kappa shape index (κ2) is 8.97. The highest BCUT2D eigenvalue weighted by Crippen LogP contribution is 2.36. The predicted molar refractivity (Wildman–Crippen MR) is 129 cm³/mol. The molecule has 184 valence electrons. The number of nitrogens with zero attached hydrogens (tertiary/aromatic N) is 5. The van der Waals surface area contributed by atoms with Gasteiger partial charge < -0.3 is 14.2 Å². The number of amides is 1. The van der Waals surface area contributed by atoms with Gasteiger partial charge in [0.05, 0.1) is 17.1 Å². The van der Waals surface area contributed by atoms with E-state index < -0.39 is 10.0 Å². The fourth-order valence-corrected chi connectivity index (χ4v) is 6.08. The number of carbonyl (C=O) groups is 1. The van der Waals surface area contributed by atoms with Crippen molar-refractivity contribution in [3.05, 3.63) is 59.7 Å². The van der Waals surface area contributed by atoms with Gasteiger partial charge in [-0.1, -0.05) is 17.3 Å². The number of carbonyl (C=O) groups excluding carboxylic acids is 1. The van der Waals surface area contributed by atoms with Crippen LogP contribution in [0.1, 0.15) is 24.2 Å². The Morgan fingerprint density at radius 2 is 1.94 bits per heavy atom. The zero-order valence-electron chi connectivity index (χ0n) is 19.8. The maximum atomic E-state index is 13.6. The third-order valence-electron chi connectivity index (χ3n) is 6.30. The fourth-order valence-electron chi connectivity index (χ4n) is 4.54. The first-order chi connectivity index (χ1) is 16.7. The van der Waals surface area contributed by atoms with Crippen LogP contribution in [-0.4, -0.2) is 61.1 Å². The van der Waals surface area contributed by atoms with Gasteiger partial charge in [-0.05, 0) is 49.7 Å². The molecule has 11 heteroatoms. The molecule has 0 saturated carbocycles. The summed E-state index contributed by atoms with van der Waals surface area (Å²) >= 11 is 0. The van der Waals surface area contributed by atoms with Crippen molar-refractivity contribution in [1.82, 2.24) is 14.4 Å². The minimum absolute atomic E-state index is 0.000779. The summed E-state index contributed by atoms with van der Waals surface area (Å²) in [5.74, 6) is 0.838. The van der Waals surface area contributed by atoms with Crippen molar-refractivity contribution in [2.24, 2.45) is 0 Å². The highest BCUT2D eigenvalue weighted by atomic mass is 32.2. The Morgan fingerprint density at radius 1 is 1.11 bits per heavy atom. The van der Waals surface area contributed by atoms with Crippen LogP contribution in [0.15, 0.2) is 51.9 Å². The van der Waals surface area contributed by atoms with Gasteiger partial charge in [0.2, 0.25) is 15.9 Å². The van der Waals surface area contributed by atoms with E-state index in [0.29, 0.717) is 42.8 Å². The van der Waals surface area contributed by atoms with Gasteiger partial charge in [-0.2, -0.15) is 9.29 Å². The van der Waals surface area contributed by atoms with Gasteiger partial charge in [0, 0.05) is 38.3 Å². The number of hydrogen-bond donors (Lipinski definition) is 0. The number of piperazine rings is 1. The molecule has 3 heterocycles. The molecule has 0 bridgehead atoms. The first-order valence-corrected chi connectivity index (χ1v) is 12.9. The van der Waals surface area contributed by atoms with Crippen LogP contribution in [0.2, 0.25) is 0 Å². The lowest BCUT2D eigenvalue weighted by atomic mass is 10.1. The third-order valence-corrected chi connectivity index (χ3v) is 8.17. The number of sulfonamides is 1. The number of hydrogen-bond acceptors (Lipinski definition) is 8. The number of ether oxygens (including phenoxy) is 1. The number of aryl methyl sites for hydroxylation is 2. The molecule has 5 rings (SSSR count). The largest absolute Gasteiger partial charge is 0.482 e. The summed E-state index contributed by atoms with van der Waals surface area (Å²) in [6.45, 7) is 6.94. The van der Waals surface area contributed by atoms with E-state index in [4.69, 9.17) is 9.26 Å². The molecule has 0 radical (unpaired) electrons. The van der Waals surface area contributed by atoms with Crippen molar-refractivity contribution in [3.8, 4) is 5.75 Å². The Kier molecular flexibility index (Phi) is 5.97. The topological polar surface area (TPSA) is 109 Å². The highest BCUT2D eigenvalue weighted by molar-refractivity contribution is 7.89. The van der Waals surface area contributed by atoms with Gasteiger partial charge in [-0.3, -0.25) is 9.69 Å². The molecule has 0 spiro atoms. The Bertz CT molecular complexity index is 1370. The van der Waals surface area contributed by atoms with Crippen LogP contribution in [0.3, 0.4) is 0 Å². The summed E-state index contributed by atoms with van der Waals surface area (Å²) in [6, 6.07) is 12.8. The Balaban J connectivity index is 1.39. The zero-order valence-corrected chi connectivity index (χ0v) is 20.7. The van der Waals surface area contributed by atoms with Crippen molar-refractivity contribution in [2.45, 2.75) is 38.3 Å². The number of aromatic nitrogens is 2. The van der Waals surface area contributed by atoms with Crippen LogP contribution < -0.4 is 14.5 Å². The molecule has 0 N–H and O–H groups in total. The maximum absolute atomic E-state index is 13.6. The van der Waals surface area contributed by atoms with Crippen LogP contribution in [0.5, 0.6) is 5.75 Å². The quantitative estimate of drug-likeness (QED) is 0.529. The van der Waals surface area contributed by atoms with E-state index in [2.05, 4.69) is 21.1 Å². The van der Waals surface area contributed by atoms with Crippen LogP contribution in [0.25, 0.3) is 0 Å². The van der Waals surface area contributed by atoms with Crippen LogP contribution in [0, 0.1) is 13.8 Å². The second-order valence-electron chi connectivity index (χ2n) is 8.87. The van der Waals surface area contributed by atoms with Gasteiger partial charge >= 0.3 is 0 Å². The number of rotatable bonds is 5. The molecule has 1 atom stereocenters.